The highest BCUT2D eigenvalue weighted by Crippen LogP contribution is 2.16. The molecule has 0 aliphatic rings. The van der Waals surface area contributed by atoms with Crippen LogP contribution in [0.4, 0.5) is 0 Å². The summed E-state index contributed by atoms with van der Waals surface area (Å²) >= 11 is 3.29. The lowest BCUT2D eigenvalue weighted by Crippen LogP contribution is -2.34. The van der Waals surface area contributed by atoms with Gasteiger partial charge in [0.05, 0.1) is 0 Å². The van der Waals surface area contributed by atoms with E-state index in [1.807, 2.05) is 6.07 Å². The summed E-state index contributed by atoms with van der Waals surface area (Å²) in [6.07, 6.45) is 1.64. The van der Waals surface area contributed by atoms with Gasteiger partial charge in [0, 0.05) is 24.3 Å². The number of amides is 1. The highest BCUT2D eigenvalue weighted by atomic mass is 79.9. The number of carbonyl (C=O) groups is 1. The number of rotatable bonds is 2. The number of hydrogen-bond donors (Lipinski definition) is 0. The number of nitrogens with zero attached hydrogens (tertiary/aromatic N) is 2. The molecule has 1 amide bonds. The smallest absolute Gasteiger partial charge is 0.272 e. The maximum atomic E-state index is 12.0. The van der Waals surface area contributed by atoms with Crippen LogP contribution in [0.2, 0.25) is 0 Å². The van der Waals surface area contributed by atoms with Gasteiger partial charge in [-0.3, -0.25) is 4.79 Å². The summed E-state index contributed by atoms with van der Waals surface area (Å²) in [7, 11) is 1.80. The van der Waals surface area contributed by atoms with Crippen LogP contribution in [0.25, 0.3) is 0 Å². The molecule has 0 saturated carbocycles. The summed E-state index contributed by atoms with van der Waals surface area (Å²) in [6, 6.07) is 3.55. The maximum Gasteiger partial charge on any atom is 0.272 e. The van der Waals surface area contributed by atoms with E-state index in [0.29, 0.717) is 12.2 Å². The lowest BCUT2D eigenvalue weighted by atomic mass is 9.96. The largest absolute Gasteiger partial charge is 0.340 e. The number of hydrogen-bond acceptors (Lipinski definition) is 2. The van der Waals surface area contributed by atoms with E-state index in [2.05, 4.69) is 41.7 Å². The van der Waals surface area contributed by atoms with Crippen molar-refractivity contribution in [3.63, 3.8) is 0 Å². The molecule has 0 N–H and O–H groups in total. The number of aromatic nitrogens is 1. The standard InChI is InChI=1S/C12H17BrN2O/c1-12(2,3)8-15(4)11(16)10-6-5-9(13)7-14-10/h5-7H,8H2,1-4H3. The van der Waals surface area contributed by atoms with Gasteiger partial charge in [-0.1, -0.05) is 20.8 Å². The molecule has 88 valence electrons. The average molecular weight is 285 g/mol. The van der Waals surface area contributed by atoms with Gasteiger partial charge < -0.3 is 4.90 Å². The molecule has 0 fully saturated rings. The van der Waals surface area contributed by atoms with Gasteiger partial charge in [0.1, 0.15) is 5.69 Å². The van der Waals surface area contributed by atoms with E-state index < -0.39 is 0 Å². The van der Waals surface area contributed by atoms with E-state index in [4.69, 9.17) is 0 Å². The van der Waals surface area contributed by atoms with Crippen LogP contribution < -0.4 is 0 Å². The fraction of sp³-hybridized carbons (Fsp3) is 0.500. The minimum atomic E-state index is -0.0394. The summed E-state index contributed by atoms with van der Waals surface area (Å²) in [4.78, 5) is 17.8. The van der Waals surface area contributed by atoms with E-state index in [1.165, 1.54) is 0 Å². The highest BCUT2D eigenvalue weighted by Gasteiger charge is 2.19. The Labute approximate surface area is 105 Å². The molecule has 0 unspecified atom stereocenters. The Balaban J connectivity index is 2.74. The summed E-state index contributed by atoms with van der Waals surface area (Å²) < 4.78 is 0.877. The lowest BCUT2D eigenvalue weighted by Gasteiger charge is -2.26. The first-order chi connectivity index (χ1) is 7.29. The summed E-state index contributed by atoms with van der Waals surface area (Å²) in [5, 5.41) is 0. The molecule has 1 aromatic heterocycles. The van der Waals surface area contributed by atoms with E-state index in [9.17, 15) is 4.79 Å². The van der Waals surface area contributed by atoms with E-state index in [0.717, 1.165) is 4.47 Å². The molecule has 1 rings (SSSR count). The third kappa shape index (κ3) is 3.93. The minimum absolute atomic E-state index is 0.0394. The van der Waals surface area contributed by atoms with Crippen molar-refractivity contribution in [3.8, 4) is 0 Å². The Kier molecular flexibility index (Phi) is 4.08. The molecule has 4 heteroatoms. The van der Waals surface area contributed by atoms with E-state index in [-0.39, 0.29) is 11.3 Å². The van der Waals surface area contributed by atoms with Crippen molar-refractivity contribution in [1.82, 2.24) is 9.88 Å². The topological polar surface area (TPSA) is 33.2 Å². The normalized spacial score (nSPS) is 11.3. The number of halogens is 1. The van der Waals surface area contributed by atoms with Crippen molar-refractivity contribution < 1.29 is 4.79 Å². The van der Waals surface area contributed by atoms with Crippen molar-refractivity contribution >= 4 is 21.8 Å². The molecular formula is C12H17BrN2O. The molecule has 3 nitrogen and oxygen atoms in total. The van der Waals surface area contributed by atoms with Crippen LogP contribution in [0.3, 0.4) is 0 Å². The van der Waals surface area contributed by atoms with Crippen molar-refractivity contribution in [2.24, 2.45) is 5.41 Å². The third-order valence-corrected chi connectivity index (χ3v) is 2.47. The summed E-state index contributed by atoms with van der Waals surface area (Å²) in [5.74, 6) is -0.0394. The molecule has 0 spiro atoms. The third-order valence-electron chi connectivity index (χ3n) is 2.00. The van der Waals surface area contributed by atoms with Crippen molar-refractivity contribution in [2.75, 3.05) is 13.6 Å². The fourth-order valence-corrected chi connectivity index (χ4v) is 1.72. The van der Waals surface area contributed by atoms with E-state index >= 15 is 0 Å². The van der Waals surface area contributed by atoms with Crippen molar-refractivity contribution in [1.29, 1.82) is 0 Å². The van der Waals surface area contributed by atoms with Gasteiger partial charge >= 0.3 is 0 Å². The Morgan fingerprint density at radius 2 is 2.06 bits per heavy atom. The van der Waals surface area contributed by atoms with Crippen LogP contribution in [0.15, 0.2) is 22.8 Å². The SMILES string of the molecule is CN(CC(C)(C)C)C(=O)c1ccc(Br)cn1. The van der Waals surface area contributed by atoms with Gasteiger partial charge in [-0.15, -0.1) is 0 Å². The number of carbonyl (C=O) groups excluding carboxylic acids is 1. The molecule has 0 atom stereocenters. The zero-order valence-electron chi connectivity index (χ0n) is 10.1. The van der Waals surface area contributed by atoms with Crippen LogP contribution in [0.5, 0.6) is 0 Å². The van der Waals surface area contributed by atoms with Crippen LogP contribution in [0, 0.1) is 5.41 Å². The van der Waals surface area contributed by atoms with Gasteiger partial charge in [-0.25, -0.2) is 4.98 Å². The first kappa shape index (κ1) is 13.2. The van der Waals surface area contributed by atoms with Gasteiger partial charge in [-0.2, -0.15) is 0 Å². The van der Waals surface area contributed by atoms with Gasteiger partial charge in [0.25, 0.3) is 5.91 Å². The second-order valence-electron chi connectivity index (χ2n) is 5.08. The molecule has 0 radical (unpaired) electrons. The second-order valence-corrected chi connectivity index (χ2v) is 6.00. The molecule has 0 saturated heterocycles. The summed E-state index contributed by atoms with van der Waals surface area (Å²) in [5.41, 5.74) is 0.578. The van der Waals surface area contributed by atoms with Gasteiger partial charge in [0.15, 0.2) is 0 Å². The zero-order chi connectivity index (χ0) is 12.3. The highest BCUT2D eigenvalue weighted by molar-refractivity contribution is 9.10. The van der Waals surface area contributed by atoms with Crippen LogP contribution in [-0.2, 0) is 0 Å². The Morgan fingerprint density at radius 3 is 2.50 bits per heavy atom. The monoisotopic (exact) mass is 284 g/mol. The molecule has 0 bridgehead atoms. The Bertz CT molecular complexity index is 368. The average Bonchev–Trinajstić information content (AvgIpc) is 2.15. The Morgan fingerprint density at radius 1 is 1.44 bits per heavy atom. The number of pyridine rings is 1. The quantitative estimate of drug-likeness (QED) is 0.837. The van der Waals surface area contributed by atoms with E-state index in [1.54, 1.807) is 24.2 Å². The van der Waals surface area contributed by atoms with Gasteiger partial charge in [-0.05, 0) is 33.5 Å². The first-order valence-electron chi connectivity index (χ1n) is 5.16. The molecular weight excluding hydrogens is 268 g/mol. The molecule has 1 aromatic rings. The fourth-order valence-electron chi connectivity index (χ4n) is 1.48. The molecule has 0 aromatic carbocycles. The van der Waals surface area contributed by atoms with Crippen LogP contribution in [0.1, 0.15) is 31.3 Å². The van der Waals surface area contributed by atoms with Crippen molar-refractivity contribution in [3.05, 3.63) is 28.5 Å². The van der Waals surface area contributed by atoms with Crippen LogP contribution in [-0.4, -0.2) is 29.4 Å². The minimum Gasteiger partial charge on any atom is -0.340 e. The predicted molar refractivity (Wildman–Crippen MR) is 68.4 cm³/mol. The molecule has 0 aliphatic heterocycles. The van der Waals surface area contributed by atoms with Gasteiger partial charge in [0.2, 0.25) is 0 Å². The second kappa shape index (κ2) is 4.95. The zero-order valence-corrected chi connectivity index (χ0v) is 11.7. The predicted octanol–water partition coefficient (Wildman–Crippen LogP) is 2.96. The Hall–Kier alpha value is -0.900. The lowest BCUT2D eigenvalue weighted by molar-refractivity contribution is 0.0740. The van der Waals surface area contributed by atoms with Crippen molar-refractivity contribution in [2.45, 2.75) is 20.8 Å². The molecule has 0 aliphatic carbocycles. The summed E-state index contributed by atoms with van der Waals surface area (Å²) in [6.45, 7) is 7.02. The maximum absolute atomic E-state index is 12.0. The first-order valence-corrected chi connectivity index (χ1v) is 5.96. The van der Waals surface area contributed by atoms with Crippen LogP contribution >= 0.6 is 15.9 Å². The molecule has 16 heavy (non-hydrogen) atoms. The molecule has 1 heterocycles.